The SMILES string of the molecule is CCN(CC(=O)N1c2ccccc2C[C@@H]1C)S(=O)(=O)c1cc(F)ccc1OC. The van der Waals surface area contributed by atoms with Gasteiger partial charge in [-0.15, -0.1) is 0 Å². The van der Waals surface area contributed by atoms with Gasteiger partial charge in [-0.2, -0.15) is 4.31 Å². The molecule has 0 N–H and O–H groups in total. The van der Waals surface area contributed by atoms with Gasteiger partial charge in [0.25, 0.3) is 0 Å². The molecule has 2 aromatic rings. The molecule has 6 nitrogen and oxygen atoms in total. The molecule has 8 heteroatoms. The molecule has 150 valence electrons. The van der Waals surface area contributed by atoms with Crippen molar-refractivity contribution in [3.8, 4) is 5.75 Å². The summed E-state index contributed by atoms with van der Waals surface area (Å²) < 4.78 is 46.0. The van der Waals surface area contributed by atoms with Crippen LogP contribution in [-0.4, -0.2) is 44.9 Å². The second-order valence-electron chi connectivity index (χ2n) is 6.67. The molecule has 0 saturated carbocycles. The van der Waals surface area contributed by atoms with E-state index < -0.39 is 15.8 Å². The summed E-state index contributed by atoms with van der Waals surface area (Å²) in [6, 6.07) is 10.8. The molecule has 28 heavy (non-hydrogen) atoms. The molecular formula is C20H23FN2O4S. The van der Waals surface area contributed by atoms with Crippen LogP contribution in [0.4, 0.5) is 10.1 Å². The second kappa shape index (κ2) is 7.89. The zero-order chi connectivity index (χ0) is 20.5. The molecule has 3 rings (SSSR count). The summed E-state index contributed by atoms with van der Waals surface area (Å²) in [5.74, 6) is -0.978. The van der Waals surface area contributed by atoms with E-state index in [9.17, 15) is 17.6 Å². The number of carbonyl (C=O) groups excluding carboxylic acids is 1. The van der Waals surface area contributed by atoms with E-state index in [2.05, 4.69) is 0 Å². The van der Waals surface area contributed by atoms with Crippen LogP contribution >= 0.6 is 0 Å². The summed E-state index contributed by atoms with van der Waals surface area (Å²) in [6.07, 6.45) is 0.721. The molecule has 0 spiro atoms. The Labute approximate surface area is 164 Å². The number of methoxy groups -OCH3 is 1. The topological polar surface area (TPSA) is 66.9 Å². The van der Waals surface area contributed by atoms with Gasteiger partial charge in [0, 0.05) is 18.3 Å². The van der Waals surface area contributed by atoms with Gasteiger partial charge < -0.3 is 9.64 Å². The Morgan fingerprint density at radius 1 is 1.29 bits per heavy atom. The lowest BCUT2D eigenvalue weighted by molar-refractivity contribution is -0.119. The van der Waals surface area contributed by atoms with Crippen molar-refractivity contribution in [1.29, 1.82) is 0 Å². The Kier molecular flexibility index (Phi) is 5.71. The van der Waals surface area contributed by atoms with Gasteiger partial charge in [-0.05, 0) is 43.2 Å². The van der Waals surface area contributed by atoms with Crippen LogP contribution in [0.15, 0.2) is 47.4 Å². The smallest absolute Gasteiger partial charge is 0.247 e. The Hall–Kier alpha value is -2.45. The number of rotatable bonds is 6. The van der Waals surface area contributed by atoms with Crippen molar-refractivity contribution in [3.63, 3.8) is 0 Å². The number of halogens is 1. The van der Waals surface area contributed by atoms with Crippen molar-refractivity contribution in [2.75, 3.05) is 25.1 Å². The molecule has 0 aromatic heterocycles. The van der Waals surface area contributed by atoms with Crippen LogP contribution in [0.3, 0.4) is 0 Å². The van der Waals surface area contributed by atoms with Gasteiger partial charge in [-0.25, -0.2) is 12.8 Å². The predicted octanol–water partition coefficient (Wildman–Crippen LogP) is 2.82. The number of nitrogens with zero attached hydrogens (tertiary/aromatic N) is 2. The summed E-state index contributed by atoms with van der Waals surface area (Å²) in [4.78, 5) is 14.3. The first-order valence-electron chi connectivity index (χ1n) is 9.03. The monoisotopic (exact) mass is 406 g/mol. The van der Waals surface area contributed by atoms with E-state index >= 15 is 0 Å². The molecule has 0 bridgehead atoms. The molecular weight excluding hydrogens is 383 g/mol. The highest BCUT2D eigenvalue weighted by atomic mass is 32.2. The normalized spacial score (nSPS) is 16.3. The Morgan fingerprint density at radius 2 is 2.00 bits per heavy atom. The first-order chi connectivity index (χ1) is 13.3. The Morgan fingerprint density at radius 3 is 2.68 bits per heavy atom. The fourth-order valence-electron chi connectivity index (χ4n) is 3.53. The molecule has 1 heterocycles. The van der Waals surface area contributed by atoms with E-state index in [0.29, 0.717) is 0 Å². The Bertz CT molecular complexity index is 993. The van der Waals surface area contributed by atoms with Gasteiger partial charge in [0.1, 0.15) is 16.5 Å². The lowest BCUT2D eigenvalue weighted by atomic mass is 10.1. The zero-order valence-electron chi connectivity index (χ0n) is 16.1. The highest BCUT2D eigenvalue weighted by molar-refractivity contribution is 7.89. The molecule has 0 saturated heterocycles. The molecule has 1 atom stereocenters. The van der Waals surface area contributed by atoms with Crippen molar-refractivity contribution in [3.05, 3.63) is 53.8 Å². The van der Waals surface area contributed by atoms with Crippen molar-refractivity contribution in [2.45, 2.75) is 31.2 Å². The maximum atomic E-state index is 13.7. The minimum absolute atomic E-state index is 0.0344. The summed E-state index contributed by atoms with van der Waals surface area (Å²) in [6.45, 7) is 3.30. The molecule has 1 aliphatic rings. The number of sulfonamides is 1. The lowest BCUT2D eigenvalue weighted by Gasteiger charge is -2.27. The summed E-state index contributed by atoms with van der Waals surface area (Å²) in [7, 11) is -2.80. The summed E-state index contributed by atoms with van der Waals surface area (Å²) >= 11 is 0. The zero-order valence-corrected chi connectivity index (χ0v) is 16.9. The summed E-state index contributed by atoms with van der Waals surface area (Å²) in [5.41, 5.74) is 1.86. The molecule has 0 aliphatic carbocycles. The van der Waals surface area contributed by atoms with Crippen molar-refractivity contribution in [2.24, 2.45) is 0 Å². The number of likely N-dealkylation sites (N-methyl/N-ethyl adjacent to an activating group) is 1. The van der Waals surface area contributed by atoms with Crippen LogP contribution in [0.1, 0.15) is 19.4 Å². The highest BCUT2D eigenvalue weighted by Crippen LogP contribution is 2.33. The van der Waals surface area contributed by atoms with Crippen LogP contribution in [0.2, 0.25) is 0 Å². The van der Waals surface area contributed by atoms with Gasteiger partial charge in [0.05, 0.1) is 13.7 Å². The minimum atomic E-state index is -4.12. The fourth-order valence-corrected chi connectivity index (χ4v) is 5.10. The van der Waals surface area contributed by atoms with Crippen LogP contribution < -0.4 is 9.64 Å². The van der Waals surface area contributed by atoms with Gasteiger partial charge in [0.15, 0.2) is 0 Å². The number of para-hydroxylation sites is 1. The first-order valence-corrected chi connectivity index (χ1v) is 10.5. The molecule has 0 radical (unpaired) electrons. The van der Waals surface area contributed by atoms with E-state index in [0.717, 1.165) is 34.1 Å². The number of amides is 1. The first kappa shape index (κ1) is 20.3. The quantitative estimate of drug-likeness (QED) is 0.740. The van der Waals surface area contributed by atoms with Crippen LogP contribution in [0.5, 0.6) is 5.75 Å². The average molecular weight is 406 g/mol. The van der Waals surface area contributed by atoms with Gasteiger partial charge >= 0.3 is 0 Å². The standard InChI is InChI=1S/C20H23FN2O4S/c1-4-22(28(25,26)19-12-16(21)9-10-18(19)27-3)13-20(24)23-14(2)11-15-7-5-6-8-17(15)23/h5-10,12,14H,4,11,13H2,1-3H3/t14-/m0/s1. The Balaban J connectivity index is 1.90. The molecule has 1 amide bonds. The highest BCUT2D eigenvalue weighted by Gasteiger charge is 2.34. The summed E-state index contributed by atoms with van der Waals surface area (Å²) in [5, 5.41) is 0. The number of hydrogen-bond donors (Lipinski definition) is 0. The van der Waals surface area contributed by atoms with Crippen LogP contribution in [-0.2, 0) is 21.2 Å². The maximum Gasteiger partial charge on any atom is 0.247 e. The van der Waals surface area contributed by atoms with E-state index in [4.69, 9.17) is 4.74 Å². The number of ether oxygens (including phenoxy) is 1. The van der Waals surface area contributed by atoms with Gasteiger partial charge in [0.2, 0.25) is 15.9 Å². The number of benzene rings is 2. The number of carbonyl (C=O) groups is 1. The molecule has 1 aliphatic heterocycles. The molecule has 0 fully saturated rings. The van der Waals surface area contributed by atoms with Gasteiger partial charge in [-0.3, -0.25) is 4.79 Å². The fraction of sp³-hybridized carbons (Fsp3) is 0.350. The predicted molar refractivity (Wildman–Crippen MR) is 104 cm³/mol. The molecule has 0 unspecified atom stereocenters. The number of fused-ring (bicyclic) bond motifs is 1. The van der Waals surface area contributed by atoms with E-state index in [-0.39, 0.29) is 35.7 Å². The second-order valence-corrected chi connectivity index (χ2v) is 8.58. The van der Waals surface area contributed by atoms with E-state index in [1.165, 1.54) is 13.2 Å². The van der Waals surface area contributed by atoms with Gasteiger partial charge in [-0.1, -0.05) is 25.1 Å². The maximum absolute atomic E-state index is 13.7. The lowest BCUT2D eigenvalue weighted by Crippen LogP contribution is -2.45. The largest absolute Gasteiger partial charge is 0.495 e. The average Bonchev–Trinajstić information content (AvgIpc) is 3.01. The van der Waals surface area contributed by atoms with Crippen molar-refractivity contribution < 1.29 is 22.3 Å². The number of hydrogen-bond acceptors (Lipinski definition) is 4. The van der Waals surface area contributed by atoms with E-state index in [1.807, 2.05) is 31.2 Å². The third-order valence-electron chi connectivity index (χ3n) is 4.88. The minimum Gasteiger partial charge on any atom is -0.495 e. The third-order valence-corrected chi connectivity index (χ3v) is 6.83. The molecule has 2 aromatic carbocycles. The van der Waals surface area contributed by atoms with Crippen LogP contribution in [0, 0.1) is 5.82 Å². The third kappa shape index (κ3) is 3.62. The van der Waals surface area contributed by atoms with E-state index in [1.54, 1.807) is 11.8 Å². The van der Waals surface area contributed by atoms with Crippen LogP contribution in [0.25, 0.3) is 0 Å². The number of anilines is 1. The van der Waals surface area contributed by atoms with Crippen molar-refractivity contribution >= 4 is 21.6 Å². The van der Waals surface area contributed by atoms with Crippen molar-refractivity contribution in [1.82, 2.24) is 4.31 Å².